The molecule has 5 N–H and O–H groups in total. The summed E-state index contributed by atoms with van der Waals surface area (Å²) in [6, 6.07) is 7.90. The zero-order valence-corrected chi connectivity index (χ0v) is 21.4. The molecule has 2 aliphatic heterocycles. The largest absolute Gasteiger partial charge is 0.474 e. The number of pyridine rings is 1. The second-order valence-corrected chi connectivity index (χ2v) is 12.0. The predicted octanol–water partition coefficient (Wildman–Crippen LogP) is -0.403. The number of ether oxygens (including phenoxy) is 1. The van der Waals surface area contributed by atoms with Gasteiger partial charge in [0.05, 0.1) is 5.56 Å². The molecular formula is C21H27N9O5S2. The quantitative estimate of drug-likeness (QED) is 0.285. The summed E-state index contributed by atoms with van der Waals surface area (Å²) in [5.41, 5.74) is 0.448. The van der Waals surface area contributed by atoms with Crippen molar-refractivity contribution < 1.29 is 21.6 Å². The molecule has 14 nitrogen and oxygen atoms in total. The van der Waals surface area contributed by atoms with Crippen LogP contribution in [0.1, 0.15) is 19.3 Å². The standard InChI is InChI=1S/C21H27N9O5S2/c22-36(31,32)20-17(37(33,34)27-14-6-10-23-13-14)5-4-16(19(20)21-25-28-29-26-21)30-11-7-15(8-12-30)35-18-3-1-2-9-24-18/h1-5,9,14-15,23,27H,6-8,10-13H2,(H2,22,31,32)(H,25,26,28,29)/t14-/m1/s1. The monoisotopic (exact) mass is 549 g/mol. The van der Waals surface area contributed by atoms with E-state index in [9.17, 15) is 16.8 Å². The number of sulfonamides is 2. The third kappa shape index (κ3) is 5.57. The smallest absolute Gasteiger partial charge is 0.242 e. The van der Waals surface area contributed by atoms with Gasteiger partial charge in [0, 0.05) is 56.5 Å². The highest BCUT2D eigenvalue weighted by molar-refractivity contribution is 7.92. The van der Waals surface area contributed by atoms with Crippen molar-refractivity contribution in [1.82, 2.24) is 35.6 Å². The van der Waals surface area contributed by atoms with Crippen molar-refractivity contribution in [1.29, 1.82) is 0 Å². The fourth-order valence-corrected chi connectivity index (χ4v) is 7.52. The summed E-state index contributed by atoms with van der Waals surface area (Å²) in [5.74, 6) is 0.524. The van der Waals surface area contributed by atoms with Crippen molar-refractivity contribution in [3.63, 3.8) is 0 Å². The summed E-state index contributed by atoms with van der Waals surface area (Å²) in [4.78, 5) is 5.12. The van der Waals surface area contributed by atoms with Gasteiger partial charge in [-0.15, -0.1) is 5.10 Å². The number of benzene rings is 1. The second kappa shape index (κ2) is 10.3. The Hall–Kier alpha value is -3.18. The Balaban J connectivity index is 1.51. The van der Waals surface area contributed by atoms with Crippen LogP contribution in [0.3, 0.4) is 0 Å². The van der Waals surface area contributed by atoms with E-state index in [2.05, 4.69) is 35.6 Å². The zero-order chi connectivity index (χ0) is 26.0. The minimum Gasteiger partial charge on any atom is -0.474 e. The molecule has 0 spiro atoms. The van der Waals surface area contributed by atoms with Gasteiger partial charge in [-0.2, -0.15) is 0 Å². The van der Waals surface area contributed by atoms with E-state index < -0.39 is 29.8 Å². The highest BCUT2D eigenvalue weighted by Crippen LogP contribution is 2.39. The minimum atomic E-state index is -4.53. The Labute approximate surface area is 214 Å². The molecule has 2 saturated heterocycles. The van der Waals surface area contributed by atoms with Crippen molar-refractivity contribution in [2.24, 2.45) is 5.14 Å². The first kappa shape index (κ1) is 25.5. The number of anilines is 1. The number of tetrazole rings is 1. The lowest BCUT2D eigenvalue weighted by molar-refractivity contribution is 0.164. The lowest BCUT2D eigenvalue weighted by Gasteiger charge is -2.35. The van der Waals surface area contributed by atoms with Crippen LogP contribution in [-0.2, 0) is 20.0 Å². The van der Waals surface area contributed by atoms with Gasteiger partial charge < -0.3 is 15.0 Å². The van der Waals surface area contributed by atoms with Gasteiger partial charge in [0.1, 0.15) is 15.9 Å². The fraction of sp³-hybridized carbons (Fsp3) is 0.429. The molecule has 0 saturated carbocycles. The lowest BCUT2D eigenvalue weighted by Crippen LogP contribution is -2.39. The van der Waals surface area contributed by atoms with Gasteiger partial charge >= 0.3 is 0 Å². The van der Waals surface area contributed by atoms with Crippen LogP contribution in [0.15, 0.2) is 46.3 Å². The van der Waals surface area contributed by atoms with Gasteiger partial charge in [0.15, 0.2) is 5.82 Å². The van der Waals surface area contributed by atoms with Crippen molar-refractivity contribution in [2.75, 3.05) is 31.1 Å². The van der Waals surface area contributed by atoms with Crippen LogP contribution in [0, 0.1) is 0 Å². The second-order valence-electron chi connectivity index (χ2n) is 8.87. The Kier molecular flexibility index (Phi) is 7.09. The molecule has 37 heavy (non-hydrogen) atoms. The molecule has 3 aromatic rings. The first-order valence-corrected chi connectivity index (χ1v) is 14.7. The summed E-state index contributed by atoms with van der Waals surface area (Å²) < 4.78 is 61.0. The molecule has 0 bridgehead atoms. The van der Waals surface area contributed by atoms with Crippen LogP contribution < -0.4 is 24.8 Å². The van der Waals surface area contributed by atoms with Crippen molar-refractivity contribution in [3.8, 4) is 17.3 Å². The van der Waals surface area contributed by atoms with E-state index in [-0.39, 0.29) is 23.5 Å². The molecule has 2 aliphatic rings. The maximum Gasteiger partial charge on any atom is 0.242 e. The number of primary sulfonamides is 1. The van der Waals surface area contributed by atoms with E-state index in [1.807, 2.05) is 17.0 Å². The van der Waals surface area contributed by atoms with E-state index in [0.717, 1.165) is 0 Å². The number of aromatic amines is 1. The lowest BCUT2D eigenvalue weighted by atomic mass is 10.0. The van der Waals surface area contributed by atoms with Crippen molar-refractivity contribution >= 4 is 25.7 Å². The molecule has 198 valence electrons. The predicted molar refractivity (Wildman–Crippen MR) is 133 cm³/mol. The van der Waals surface area contributed by atoms with Crippen LogP contribution in [0.25, 0.3) is 11.4 Å². The number of nitrogens with one attached hydrogen (secondary N) is 3. The number of piperidine rings is 1. The Morgan fingerprint density at radius 1 is 1.08 bits per heavy atom. The minimum absolute atomic E-state index is 0.00372. The molecule has 4 heterocycles. The molecule has 2 fully saturated rings. The molecule has 2 aromatic heterocycles. The third-order valence-electron chi connectivity index (χ3n) is 6.35. The molecule has 0 unspecified atom stereocenters. The fourth-order valence-electron chi connectivity index (χ4n) is 4.64. The van der Waals surface area contributed by atoms with E-state index in [4.69, 9.17) is 9.88 Å². The summed E-state index contributed by atoms with van der Waals surface area (Å²) >= 11 is 0. The van der Waals surface area contributed by atoms with Crippen LogP contribution in [0.2, 0.25) is 0 Å². The van der Waals surface area contributed by atoms with Crippen LogP contribution in [0.4, 0.5) is 5.69 Å². The number of nitrogens with zero attached hydrogens (tertiary/aromatic N) is 5. The average Bonchev–Trinajstić information content (AvgIpc) is 3.58. The Morgan fingerprint density at radius 3 is 2.51 bits per heavy atom. The highest BCUT2D eigenvalue weighted by atomic mass is 32.2. The van der Waals surface area contributed by atoms with Gasteiger partial charge in [-0.1, -0.05) is 6.07 Å². The number of aromatic nitrogens is 5. The van der Waals surface area contributed by atoms with E-state index >= 15 is 0 Å². The maximum absolute atomic E-state index is 13.3. The molecule has 0 radical (unpaired) electrons. The summed E-state index contributed by atoms with van der Waals surface area (Å²) in [6.07, 6.45) is 3.42. The average molecular weight is 550 g/mol. The first-order valence-electron chi connectivity index (χ1n) is 11.7. The topological polar surface area (TPSA) is 198 Å². The van der Waals surface area contributed by atoms with Crippen LogP contribution in [0.5, 0.6) is 5.88 Å². The number of hydrogen-bond donors (Lipinski definition) is 4. The maximum atomic E-state index is 13.3. The van der Waals surface area contributed by atoms with Crippen LogP contribution >= 0.6 is 0 Å². The Bertz CT molecular complexity index is 1440. The summed E-state index contributed by atoms with van der Waals surface area (Å²) in [6.45, 7) is 2.11. The molecule has 1 aromatic carbocycles. The van der Waals surface area contributed by atoms with E-state index in [1.54, 1.807) is 18.3 Å². The van der Waals surface area contributed by atoms with E-state index in [0.29, 0.717) is 57.0 Å². The SMILES string of the molecule is NS(=O)(=O)c1c(S(=O)(=O)N[C@@H]2CCNC2)ccc(N2CCC(Oc3ccccn3)CC2)c1-c1nnn[nH]1. The summed E-state index contributed by atoms with van der Waals surface area (Å²) in [5, 5.41) is 22.3. The van der Waals surface area contributed by atoms with Gasteiger partial charge in [-0.25, -0.2) is 36.8 Å². The van der Waals surface area contributed by atoms with Crippen molar-refractivity contribution in [3.05, 3.63) is 36.5 Å². The normalized spacial score (nSPS) is 19.3. The molecular weight excluding hydrogens is 522 g/mol. The number of nitrogens with two attached hydrogens (primary N) is 1. The number of H-pyrrole nitrogens is 1. The number of rotatable bonds is 8. The summed E-state index contributed by atoms with van der Waals surface area (Å²) in [7, 11) is -8.77. The van der Waals surface area contributed by atoms with Gasteiger partial charge in [-0.3, -0.25) is 0 Å². The molecule has 0 aliphatic carbocycles. The molecule has 16 heteroatoms. The van der Waals surface area contributed by atoms with Gasteiger partial charge in [0.2, 0.25) is 25.9 Å². The first-order chi connectivity index (χ1) is 17.7. The van der Waals surface area contributed by atoms with Crippen LogP contribution in [-0.4, -0.2) is 80.8 Å². The molecule has 0 amide bonds. The highest BCUT2D eigenvalue weighted by Gasteiger charge is 2.35. The van der Waals surface area contributed by atoms with E-state index in [1.165, 1.54) is 6.07 Å². The van der Waals surface area contributed by atoms with Gasteiger partial charge in [0.25, 0.3) is 0 Å². The Morgan fingerprint density at radius 2 is 1.89 bits per heavy atom. The zero-order valence-electron chi connectivity index (χ0n) is 19.7. The number of hydrogen-bond acceptors (Lipinski definition) is 11. The third-order valence-corrected chi connectivity index (χ3v) is 9.03. The molecule has 1 atom stereocenters. The molecule has 5 rings (SSSR count). The van der Waals surface area contributed by atoms with Gasteiger partial charge in [-0.05, 0) is 41.6 Å². The van der Waals surface area contributed by atoms with Crippen molar-refractivity contribution in [2.45, 2.75) is 41.2 Å².